The molecule has 2 rings (SSSR count). The van der Waals surface area contributed by atoms with Crippen molar-refractivity contribution in [2.24, 2.45) is 5.73 Å². The summed E-state index contributed by atoms with van der Waals surface area (Å²) in [5.41, 5.74) is 5.95. The summed E-state index contributed by atoms with van der Waals surface area (Å²) in [7, 11) is 1.40. The summed E-state index contributed by atoms with van der Waals surface area (Å²) in [5.74, 6) is -1.59. The Morgan fingerprint density at radius 3 is 2.50 bits per heavy atom. The van der Waals surface area contributed by atoms with Gasteiger partial charge in [0.15, 0.2) is 18.1 Å². The minimum atomic E-state index is -1.08. The van der Waals surface area contributed by atoms with Gasteiger partial charge < -0.3 is 25.6 Å². The molecule has 0 spiro atoms. The molecule has 1 atom stereocenters. The number of carboxylic acids is 1. The maximum Gasteiger partial charge on any atom is 0.305 e. The van der Waals surface area contributed by atoms with E-state index in [0.29, 0.717) is 15.6 Å². The van der Waals surface area contributed by atoms with Gasteiger partial charge in [-0.1, -0.05) is 18.2 Å². The van der Waals surface area contributed by atoms with Crippen LogP contribution in [-0.4, -0.2) is 36.6 Å². The van der Waals surface area contributed by atoms with Gasteiger partial charge in [0.1, 0.15) is 0 Å². The van der Waals surface area contributed by atoms with Crippen molar-refractivity contribution in [1.29, 1.82) is 0 Å². The smallest absolute Gasteiger partial charge is 0.305 e. The molecule has 28 heavy (non-hydrogen) atoms. The van der Waals surface area contributed by atoms with Crippen LogP contribution >= 0.6 is 15.9 Å². The molecule has 0 radical (unpaired) electrons. The Labute approximate surface area is 169 Å². The van der Waals surface area contributed by atoms with Crippen molar-refractivity contribution in [3.05, 3.63) is 58.1 Å². The summed E-state index contributed by atoms with van der Waals surface area (Å²) < 4.78 is 11.1. The summed E-state index contributed by atoms with van der Waals surface area (Å²) in [6.07, 6.45) is -0.333. The zero-order chi connectivity index (χ0) is 20.7. The lowest BCUT2D eigenvalue weighted by atomic mass is 10.0. The van der Waals surface area contributed by atoms with Crippen molar-refractivity contribution in [3.8, 4) is 11.5 Å². The highest BCUT2D eigenvalue weighted by molar-refractivity contribution is 9.10. The number of carbonyl (C=O) groups excluding carboxylic acids is 2. The Morgan fingerprint density at radius 1 is 1.18 bits per heavy atom. The number of carbonyl (C=O) groups is 3. The number of amides is 2. The second-order valence-corrected chi connectivity index (χ2v) is 6.62. The lowest BCUT2D eigenvalue weighted by Gasteiger charge is -2.20. The molecule has 2 amide bonds. The van der Waals surface area contributed by atoms with E-state index in [1.165, 1.54) is 13.2 Å². The molecule has 8 nitrogen and oxygen atoms in total. The molecule has 9 heteroatoms. The van der Waals surface area contributed by atoms with Crippen molar-refractivity contribution in [2.45, 2.75) is 12.5 Å². The fourth-order valence-electron chi connectivity index (χ4n) is 2.48. The molecule has 4 N–H and O–H groups in total. The lowest BCUT2D eigenvalue weighted by molar-refractivity contribution is -0.137. The zero-order valence-corrected chi connectivity index (χ0v) is 16.6. The fourth-order valence-corrected chi connectivity index (χ4v) is 2.94. The van der Waals surface area contributed by atoms with E-state index in [9.17, 15) is 19.5 Å². The molecule has 0 aliphatic carbocycles. The normalized spacial score (nSPS) is 11.4. The second kappa shape index (κ2) is 9.75. The average Bonchev–Trinajstić information content (AvgIpc) is 2.65. The number of hydrogen-bond donors (Lipinski definition) is 3. The number of primary amides is 1. The molecule has 148 valence electrons. The Hall–Kier alpha value is -3.07. The predicted molar refractivity (Wildman–Crippen MR) is 104 cm³/mol. The van der Waals surface area contributed by atoms with E-state index in [-0.39, 0.29) is 24.5 Å². The van der Waals surface area contributed by atoms with Gasteiger partial charge in [-0.3, -0.25) is 14.4 Å². The Morgan fingerprint density at radius 2 is 1.89 bits per heavy atom. The van der Waals surface area contributed by atoms with E-state index in [0.717, 1.165) is 0 Å². The van der Waals surface area contributed by atoms with Gasteiger partial charge in [-0.15, -0.1) is 0 Å². The topological polar surface area (TPSA) is 128 Å². The van der Waals surface area contributed by atoms with Crippen LogP contribution in [0.25, 0.3) is 0 Å². The molecular weight excluding hydrogens is 432 g/mol. The lowest BCUT2D eigenvalue weighted by Crippen LogP contribution is -2.30. The van der Waals surface area contributed by atoms with Gasteiger partial charge in [-0.25, -0.2) is 0 Å². The number of carboxylic acid groups (broad SMARTS) is 1. The van der Waals surface area contributed by atoms with E-state index >= 15 is 0 Å². The van der Waals surface area contributed by atoms with Crippen molar-refractivity contribution >= 4 is 33.7 Å². The number of nitrogens with one attached hydrogen (secondary N) is 1. The molecule has 0 bridgehead atoms. The Balaban J connectivity index is 2.29. The maximum absolute atomic E-state index is 12.6. The monoisotopic (exact) mass is 450 g/mol. The van der Waals surface area contributed by atoms with Gasteiger partial charge in [0.2, 0.25) is 0 Å². The maximum atomic E-state index is 12.6. The molecule has 0 aliphatic rings. The van der Waals surface area contributed by atoms with E-state index < -0.39 is 23.8 Å². The molecule has 0 fully saturated rings. The van der Waals surface area contributed by atoms with E-state index in [2.05, 4.69) is 21.2 Å². The number of methoxy groups -OCH3 is 1. The SMILES string of the molecule is COc1cc(C(CC(=O)O)NC(=O)c2ccccc2Br)ccc1OCC(N)=O. The Kier molecular flexibility index (Phi) is 7.39. The van der Waals surface area contributed by atoms with Crippen LogP contribution in [0.1, 0.15) is 28.4 Å². The highest BCUT2D eigenvalue weighted by Crippen LogP contribution is 2.31. The van der Waals surface area contributed by atoms with E-state index in [1.54, 1.807) is 36.4 Å². The second-order valence-electron chi connectivity index (χ2n) is 5.77. The number of nitrogens with two attached hydrogens (primary N) is 1. The molecule has 0 aliphatic heterocycles. The largest absolute Gasteiger partial charge is 0.493 e. The minimum Gasteiger partial charge on any atom is -0.493 e. The van der Waals surface area contributed by atoms with Gasteiger partial charge in [0, 0.05) is 4.47 Å². The minimum absolute atomic E-state index is 0.274. The summed E-state index contributed by atoms with van der Waals surface area (Å²) in [4.78, 5) is 34.8. The summed E-state index contributed by atoms with van der Waals surface area (Å²) in [6.45, 7) is -0.326. The van der Waals surface area contributed by atoms with E-state index in [4.69, 9.17) is 15.2 Å². The quantitative estimate of drug-likeness (QED) is 0.537. The van der Waals surface area contributed by atoms with Crippen LogP contribution in [0.15, 0.2) is 46.9 Å². The molecule has 0 saturated carbocycles. The first-order chi connectivity index (χ1) is 13.3. The molecular formula is C19H19BrN2O6. The molecule has 0 heterocycles. The van der Waals surface area contributed by atoms with E-state index in [1.807, 2.05) is 0 Å². The Bertz CT molecular complexity index is 886. The van der Waals surface area contributed by atoms with Crippen LogP contribution in [0.2, 0.25) is 0 Å². The summed E-state index contributed by atoms with van der Waals surface area (Å²) in [6, 6.07) is 10.7. The van der Waals surface area contributed by atoms with Crippen LogP contribution in [0.4, 0.5) is 0 Å². The molecule has 1 unspecified atom stereocenters. The predicted octanol–water partition coefficient (Wildman–Crippen LogP) is 2.27. The van der Waals surface area contributed by atoms with Crippen LogP contribution in [0.3, 0.4) is 0 Å². The van der Waals surface area contributed by atoms with Crippen molar-refractivity contribution in [2.75, 3.05) is 13.7 Å². The van der Waals surface area contributed by atoms with Crippen molar-refractivity contribution < 1.29 is 29.0 Å². The number of benzene rings is 2. The third kappa shape index (κ3) is 5.71. The van der Waals surface area contributed by atoms with Gasteiger partial charge in [0.05, 0.1) is 25.1 Å². The van der Waals surface area contributed by atoms with Crippen LogP contribution in [0.5, 0.6) is 11.5 Å². The third-order valence-electron chi connectivity index (χ3n) is 3.76. The van der Waals surface area contributed by atoms with Crippen molar-refractivity contribution in [3.63, 3.8) is 0 Å². The number of ether oxygens (including phenoxy) is 2. The van der Waals surface area contributed by atoms with Crippen LogP contribution in [0, 0.1) is 0 Å². The number of hydrogen-bond acceptors (Lipinski definition) is 5. The van der Waals surface area contributed by atoms with Gasteiger partial charge in [-0.05, 0) is 45.8 Å². The van der Waals surface area contributed by atoms with Gasteiger partial charge in [0.25, 0.3) is 11.8 Å². The number of rotatable bonds is 9. The average molecular weight is 451 g/mol. The first-order valence-corrected chi connectivity index (χ1v) is 8.97. The third-order valence-corrected chi connectivity index (χ3v) is 4.45. The van der Waals surface area contributed by atoms with Gasteiger partial charge in [-0.2, -0.15) is 0 Å². The van der Waals surface area contributed by atoms with Crippen LogP contribution in [-0.2, 0) is 9.59 Å². The van der Waals surface area contributed by atoms with Crippen molar-refractivity contribution in [1.82, 2.24) is 5.32 Å². The summed E-state index contributed by atoms with van der Waals surface area (Å²) in [5, 5.41) is 12.0. The first-order valence-electron chi connectivity index (χ1n) is 8.18. The van der Waals surface area contributed by atoms with Crippen LogP contribution < -0.4 is 20.5 Å². The molecule has 0 saturated heterocycles. The fraction of sp³-hybridized carbons (Fsp3) is 0.211. The van der Waals surface area contributed by atoms with Gasteiger partial charge >= 0.3 is 5.97 Å². The molecule has 2 aromatic rings. The standard InChI is InChI=1S/C19H19BrN2O6/c1-27-16-8-11(6-7-15(16)28-10-17(21)23)14(9-18(24)25)22-19(26)12-4-2-3-5-13(12)20/h2-8,14H,9-10H2,1H3,(H2,21,23)(H,22,26)(H,24,25). The molecule has 2 aromatic carbocycles. The summed E-state index contributed by atoms with van der Waals surface area (Å²) >= 11 is 3.30. The molecule has 0 aromatic heterocycles. The first kappa shape index (κ1) is 21.2. The number of halogens is 1. The highest BCUT2D eigenvalue weighted by atomic mass is 79.9. The number of aliphatic carboxylic acids is 1. The zero-order valence-electron chi connectivity index (χ0n) is 15.0. The highest BCUT2D eigenvalue weighted by Gasteiger charge is 2.21.